The summed E-state index contributed by atoms with van der Waals surface area (Å²) in [6.07, 6.45) is 3.27. The molecule has 0 unspecified atom stereocenters. The number of benzene rings is 2. The molecule has 9 heteroatoms. The van der Waals surface area contributed by atoms with Gasteiger partial charge in [0.2, 0.25) is 0 Å². The minimum Gasteiger partial charge on any atom is -0.497 e. The molecule has 8 nitrogen and oxygen atoms in total. The minimum absolute atomic E-state index is 0.178. The second kappa shape index (κ2) is 9.11. The molecular formula is C24H25FN6O2. The normalized spacial score (nSPS) is 15.6. The van der Waals surface area contributed by atoms with E-state index in [9.17, 15) is 9.18 Å². The van der Waals surface area contributed by atoms with Crippen molar-refractivity contribution in [1.82, 2.24) is 30.1 Å². The van der Waals surface area contributed by atoms with Crippen molar-refractivity contribution in [3.63, 3.8) is 0 Å². The molecule has 0 amide bonds. The maximum atomic E-state index is 13.4. The van der Waals surface area contributed by atoms with Crippen molar-refractivity contribution in [2.45, 2.75) is 31.8 Å². The van der Waals surface area contributed by atoms with Gasteiger partial charge in [-0.1, -0.05) is 18.6 Å². The van der Waals surface area contributed by atoms with Gasteiger partial charge >= 0.3 is 0 Å². The first-order chi connectivity index (χ1) is 16.1. The molecule has 4 aromatic rings. The summed E-state index contributed by atoms with van der Waals surface area (Å²) in [5.74, 6) is 0.988. The Morgan fingerprint density at radius 2 is 1.88 bits per heavy atom. The van der Waals surface area contributed by atoms with Gasteiger partial charge in [0.1, 0.15) is 17.6 Å². The molecule has 3 heterocycles. The topological polar surface area (TPSA) is 88.9 Å². The van der Waals surface area contributed by atoms with Gasteiger partial charge in [0.05, 0.1) is 19.2 Å². The van der Waals surface area contributed by atoms with Gasteiger partial charge in [-0.3, -0.25) is 9.69 Å². The zero-order chi connectivity index (χ0) is 22.8. The number of nitrogens with one attached hydrogen (secondary N) is 1. The van der Waals surface area contributed by atoms with Gasteiger partial charge in [0, 0.05) is 11.6 Å². The highest BCUT2D eigenvalue weighted by Crippen LogP contribution is 2.30. The number of hydrogen-bond acceptors (Lipinski definition) is 6. The average molecular weight is 449 g/mol. The zero-order valence-electron chi connectivity index (χ0n) is 18.4. The molecule has 33 heavy (non-hydrogen) atoms. The predicted molar refractivity (Wildman–Crippen MR) is 122 cm³/mol. The van der Waals surface area contributed by atoms with E-state index in [1.165, 1.54) is 12.1 Å². The molecule has 5 rings (SSSR count). The molecule has 0 spiro atoms. The molecule has 1 fully saturated rings. The number of H-pyrrole nitrogens is 1. The highest BCUT2D eigenvalue weighted by molar-refractivity contribution is 5.80. The fraction of sp³-hybridized carbons (Fsp3) is 0.333. The summed E-state index contributed by atoms with van der Waals surface area (Å²) in [4.78, 5) is 18.6. The molecule has 0 saturated carbocycles. The maximum Gasteiger partial charge on any atom is 0.253 e. The largest absolute Gasteiger partial charge is 0.497 e. The van der Waals surface area contributed by atoms with Crippen LogP contribution in [0.2, 0.25) is 0 Å². The van der Waals surface area contributed by atoms with Crippen LogP contribution < -0.4 is 10.3 Å². The van der Waals surface area contributed by atoms with Crippen LogP contribution in [-0.4, -0.2) is 50.3 Å². The Balaban J connectivity index is 1.59. The molecular weight excluding hydrogens is 423 g/mol. The molecule has 1 atom stereocenters. The lowest BCUT2D eigenvalue weighted by Crippen LogP contribution is -2.38. The van der Waals surface area contributed by atoms with Crippen LogP contribution in [0.3, 0.4) is 0 Å². The molecule has 2 aromatic heterocycles. The molecule has 0 bridgehead atoms. The number of piperidine rings is 1. The Morgan fingerprint density at radius 3 is 2.64 bits per heavy atom. The molecule has 1 saturated heterocycles. The Hall–Kier alpha value is -3.59. The predicted octanol–water partition coefficient (Wildman–Crippen LogP) is 3.29. The van der Waals surface area contributed by atoms with E-state index in [0.717, 1.165) is 43.3 Å². The number of pyridine rings is 1. The lowest BCUT2D eigenvalue weighted by molar-refractivity contribution is 0.177. The van der Waals surface area contributed by atoms with Crippen LogP contribution in [0.4, 0.5) is 4.39 Å². The Kier molecular flexibility index (Phi) is 5.87. The Morgan fingerprint density at radius 1 is 1.09 bits per heavy atom. The van der Waals surface area contributed by atoms with Gasteiger partial charge in [0.25, 0.3) is 5.56 Å². The first-order valence-electron chi connectivity index (χ1n) is 11.1. The van der Waals surface area contributed by atoms with E-state index < -0.39 is 6.04 Å². The van der Waals surface area contributed by atoms with E-state index in [1.807, 2.05) is 24.3 Å². The minimum atomic E-state index is -0.393. The summed E-state index contributed by atoms with van der Waals surface area (Å²) in [5.41, 5.74) is 2.01. The van der Waals surface area contributed by atoms with E-state index in [1.54, 1.807) is 23.9 Å². The van der Waals surface area contributed by atoms with Gasteiger partial charge in [-0.2, -0.15) is 0 Å². The number of ether oxygens (including phenoxy) is 1. The molecule has 1 aliphatic heterocycles. The molecule has 2 aromatic carbocycles. The second-order valence-electron chi connectivity index (χ2n) is 8.33. The smallest absolute Gasteiger partial charge is 0.253 e. The van der Waals surface area contributed by atoms with Crippen molar-refractivity contribution in [3.8, 4) is 5.75 Å². The summed E-state index contributed by atoms with van der Waals surface area (Å²) >= 11 is 0. The molecule has 170 valence electrons. The number of fused-ring (bicyclic) bond motifs is 1. The van der Waals surface area contributed by atoms with Crippen LogP contribution in [0.25, 0.3) is 10.9 Å². The summed E-state index contributed by atoms with van der Waals surface area (Å²) in [5, 5.41) is 13.4. The summed E-state index contributed by atoms with van der Waals surface area (Å²) in [7, 11) is 1.60. The first-order valence-corrected chi connectivity index (χ1v) is 11.1. The summed E-state index contributed by atoms with van der Waals surface area (Å²) in [6, 6.07) is 13.4. The monoisotopic (exact) mass is 448 g/mol. The van der Waals surface area contributed by atoms with Crippen molar-refractivity contribution < 1.29 is 9.13 Å². The Bertz CT molecular complexity index is 1310. The number of hydrogen-bond donors (Lipinski definition) is 1. The van der Waals surface area contributed by atoms with Crippen LogP contribution in [0.15, 0.2) is 53.3 Å². The number of aromatic amines is 1. The van der Waals surface area contributed by atoms with Gasteiger partial charge < -0.3 is 9.72 Å². The number of nitrogens with zero attached hydrogens (tertiary/aromatic N) is 5. The standard InChI is InChI=1S/C24H25FN6O2/c1-33-19-10-7-17-13-20(24(32)26-21(17)14-19)22(30-11-3-2-4-12-30)23-27-28-29-31(23)15-16-5-8-18(25)9-6-16/h5-10,13-14,22H,2-4,11-12,15H2,1H3,(H,26,32)/t22-/m0/s1. The van der Waals surface area contributed by atoms with E-state index in [2.05, 4.69) is 25.4 Å². The maximum absolute atomic E-state index is 13.4. The third-order valence-electron chi connectivity index (χ3n) is 6.18. The van der Waals surface area contributed by atoms with Crippen molar-refractivity contribution in [3.05, 3.63) is 81.7 Å². The molecule has 1 aliphatic rings. The van der Waals surface area contributed by atoms with E-state index in [4.69, 9.17) is 4.74 Å². The van der Waals surface area contributed by atoms with E-state index in [0.29, 0.717) is 29.2 Å². The number of likely N-dealkylation sites (tertiary alicyclic amines) is 1. The SMILES string of the molecule is COc1ccc2cc([C@@H](c3nnnn3Cc3ccc(F)cc3)N3CCCCC3)c(=O)[nH]c2c1. The quantitative estimate of drug-likeness (QED) is 0.487. The molecule has 0 aliphatic carbocycles. The van der Waals surface area contributed by atoms with Gasteiger partial charge in [-0.25, -0.2) is 9.07 Å². The third-order valence-corrected chi connectivity index (χ3v) is 6.18. The van der Waals surface area contributed by atoms with Crippen molar-refractivity contribution in [2.24, 2.45) is 0 Å². The fourth-order valence-electron chi connectivity index (χ4n) is 4.49. The average Bonchev–Trinajstić information content (AvgIpc) is 3.29. The second-order valence-corrected chi connectivity index (χ2v) is 8.33. The summed E-state index contributed by atoms with van der Waals surface area (Å²) < 4.78 is 20.3. The highest BCUT2D eigenvalue weighted by atomic mass is 19.1. The van der Waals surface area contributed by atoms with Crippen LogP contribution in [0.5, 0.6) is 5.75 Å². The zero-order valence-corrected chi connectivity index (χ0v) is 18.4. The van der Waals surface area contributed by atoms with Gasteiger partial charge in [-0.15, -0.1) is 5.10 Å². The van der Waals surface area contributed by atoms with Crippen LogP contribution in [0, 0.1) is 5.82 Å². The van der Waals surface area contributed by atoms with Crippen LogP contribution in [-0.2, 0) is 6.54 Å². The number of halogens is 1. The fourth-order valence-corrected chi connectivity index (χ4v) is 4.49. The van der Waals surface area contributed by atoms with E-state index in [-0.39, 0.29) is 11.4 Å². The number of rotatable bonds is 6. The van der Waals surface area contributed by atoms with Crippen molar-refractivity contribution >= 4 is 10.9 Å². The molecule has 1 N–H and O–H groups in total. The lowest BCUT2D eigenvalue weighted by Gasteiger charge is -2.33. The lowest BCUT2D eigenvalue weighted by atomic mass is 10.0. The number of tetrazole rings is 1. The Labute approximate surface area is 190 Å². The third kappa shape index (κ3) is 4.36. The van der Waals surface area contributed by atoms with E-state index >= 15 is 0 Å². The van der Waals surface area contributed by atoms with Crippen LogP contribution >= 0.6 is 0 Å². The van der Waals surface area contributed by atoms with Gasteiger partial charge in [0.15, 0.2) is 5.82 Å². The summed E-state index contributed by atoms with van der Waals surface area (Å²) in [6.45, 7) is 2.10. The highest BCUT2D eigenvalue weighted by Gasteiger charge is 2.31. The molecule has 0 radical (unpaired) electrons. The van der Waals surface area contributed by atoms with Crippen molar-refractivity contribution in [2.75, 3.05) is 20.2 Å². The number of aromatic nitrogens is 5. The number of methoxy groups -OCH3 is 1. The van der Waals surface area contributed by atoms with Crippen molar-refractivity contribution in [1.29, 1.82) is 0 Å². The van der Waals surface area contributed by atoms with Crippen LogP contribution in [0.1, 0.15) is 42.3 Å². The first kappa shape index (κ1) is 21.3. The van der Waals surface area contributed by atoms with Gasteiger partial charge in [-0.05, 0) is 77.6 Å².